The van der Waals surface area contributed by atoms with Crippen molar-refractivity contribution >= 4 is 60.2 Å². The molecule has 36 heavy (non-hydrogen) atoms. The van der Waals surface area contributed by atoms with Gasteiger partial charge in [-0.05, 0) is 78.0 Å². The first-order valence-electron chi connectivity index (χ1n) is 10.4. The predicted octanol–water partition coefficient (Wildman–Crippen LogP) is 8.32. The quantitative estimate of drug-likeness (QED) is 0.128. The van der Waals surface area contributed by atoms with Crippen molar-refractivity contribution in [3.8, 4) is 5.75 Å². The fraction of sp³-hybridized carbons (Fsp3) is 0.0800. The lowest BCUT2D eigenvalue weighted by atomic mass is 10.1. The van der Waals surface area contributed by atoms with Crippen molar-refractivity contribution < 1.29 is 22.8 Å². The van der Waals surface area contributed by atoms with Crippen LogP contribution in [0.1, 0.15) is 16.7 Å². The summed E-state index contributed by atoms with van der Waals surface area (Å²) in [6.07, 6.45) is -3.31. The summed E-state index contributed by atoms with van der Waals surface area (Å²) in [6, 6.07) is 19.7. The third-order valence-electron chi connectivity index (χ3n) is 5.19. The molecule has 0 amide bonds. The van der Waals surface area contributed by atoms with E-state index in [9.17, 15) is 23.3 Å². The van der Waals surface area contributed by atoms with Crippen LogP contribution in [0.3, 0.4) is 0 Å². The highest BCUT2D eigenvalue weighted by atomic mass is 79.9. The van der Waals surface area contributed by atoms with Crippen LogP contribution in [-0.2, 0) is 12.8 Å². The molecule has 0 aromatic heterocycles. The first kappa shape index (κ1) is 25.6. The van der Waals surface area contributed by atoms with E-state index in [1.807, 2.05) is 42.5 Å². The van der Waals surface area contributed by atoms with Gasteiger partial charge in [0.1, 0.15) is 18.0 Å². The van der Waals surface area contributed by atoms with Crippen LogP contribution in [0.15, 0.2) is 86.8 Å². The van der Waals surface area contributed by atoms with Crippen LogP contribution in [0.2, 0.25) is 0 Å². The molecule has 0 heterocycles. The molecule has 0 aliphatic carbocycles. The van der Waals surface area contributed by atoms with Crippen LogP contribution in [0.25, 0.3) is 10.8 Å². The van der Waals surface area contributed by atoms with E-state index >= 15 is 0 Å². The normalized spacial score (nSPS) is 11.7. The van der Waals surface area contributed by atoms with Gasteiger partial charge < -0.3 is 4.74 Å². The van der Waals surface area contributed by atoms with Crippen molar-refractivity contribution in [1.82, 2.24) is 0 Å². The van der Waals surface area contributed by atoms with Crippen LogP contribution >= 0.6 is 31.9 Å². The molecule has 4 aromatic rings. The fourth-order valence-electron chi connectivity index (χ4n) is 3.49. The van der Waals surface area contributed by atoms with Crippen LogP contribution in [0, 0.1) is 10.1 Å². The number of fused-ring (bicyclic) bond motifs is 1. The second-order valence-electron chi connectivity index (χ2n) is 7.60. The van der Waals surface area contributed by atoms with E-state index in [1.54, 1.807) is 12.1 Å². The minimum atomic E-state index is -4.69. The van der Waals surface area contributed by atoms with Crippen molar-refractivity contribution in [3.63, 3.8) is 0 Å². The topological polar surface area (TPSA) is 76.8 Å². The van der Waals surface area contributed by atoms with Gasteiger partial charge in [-0.2, -0.15) is 18.3 Å². The average Bonchev–Trinajstić information content (AvgIpc) is 2.83. The summed E-state index contributed by atoms with van der Waals surface area (Å²) in [6.45, 7) is 0.338. The molecule has 0 fully saturated rings. The average molecular weight is 623 g/mol. The van der Waals surface area contributed by atoms with Gasteiger partial charge in [-0.3, -0.25) is 15.5 Å². The molecule has 0 saturated heterocycles. The Balaban J connectivity index is 1.49. The molecule has 0 saturated carbocycles. The fourth-order valence-corrected chi connectivity index (χ4v) is 4.94. The molecule has 4 rings (SSSR count). The Hall–Kier alpha value is -3.44. The van der Waals surface area contributed by atoms with Crippen molar-refractivity contribution in [1.29, 1.82) is 0 Å². The van der Waals surface area contributed by atoms with Gasteiger partial charge in [0.15, 0.2) is 0 Å². The zero-order valence-corrected chi connectivity index (χ0v) is 21.4. The van der Waals surface area contributed by atoms with Crippen LogP contribution in [0.4, 0.5) is 24.5 Å². The molecule has 11 heteroatoms. The number of nitro groups is 1. The third-order valence-corrected chi connectivity index (χ3v) is 6.37. The summed E-state index contributed by atoms with van der Waals surface area (Å²) in [4.78, 5) is 10.3. The van der Waals surface area contributed by atoms with Gasteiger partial charge in [0.05, 0.1) is 25.6 Å². The minimum absolute atomic E-state index is 0.169. The maximum Gasteiger partial charge on any atom is 0.416 e. The monoisotopic (exact) mass is 621 g/mol. The van der Waals surface area contributed by atoms with Gasteiger partial charge in [-0.1, -0.05) is 42.5 Å². The van der Waals surface area contributed by atoms with Gasteiger partial charge in [-0.25, -0.2) is 0 Å². The van der Waals surface area contributed by atoms with Gasteiger partial charge in [0.2, 0.25) is 0 Å². The van der Waals surface area contributed by atoms with Crippen molar-refractivity contribution in [2.45, 2.75) is 12.8 Å². The van der Waals surface area contributed by atoms with Crippen LogP contribution in [0.5, 0.6) is 5.75 Å². The van der Waals surface area contributed by atoms with E-state index in [0.717, 1.165) is 28.5 Å². The second-order valence-corrected chi connectivity index (χ2v) is 9.31. The lowest BCUT2D eigenvalue weighted by molar-refractivity contribution is -0.384. The Morgan fingerprint density at radius 1 is 1.00 bits per heavy atom. The number of hydrazone groups is 1. The zero-order valence-electron chi connectivity index (χ0n) is 18.2. The van der Waals surface area contributed by atoms with E-state index in [4.69, 9.17) is 4.74 Å². The molecular weight excluding hydrogens is 607 g/mol. The van der Waals surface area contributed by atoms with Gasteiger partial charge >= 0.3 is 6.18 Å². The molecular formula is C25H16Br2F3N3O3. The number of hydrogen-bond acceptors (Lipinski definition) is 5. The standard InChI is InChI=1S/C25H16Br2F3N3O3/c26-20-10-15(13-31-32-22-9-8-18(25(28,29)30)12-23(22)33(34)35)11-21(27)24(20)36-14-17-6-3-5-16-4-1-2-7-19(16)17/h1-13,32H,14H2/b31-13-. The number of nitro benzene ring substituents is 1. The Morgan fingerprint density at radius 2 is 1.69 bits per heavy atom. The first-order valence-corrected chi connectivity index (χ1v) is 12.0. The Bertz CT molecular complexity index is 1450. The molecule has 0 spiro atoms. The van der Waals surface area contributed by atoms with Crippen molar-refractivity contribution in [3.05, 3.63) is 109 Å². The number of ether oxygens (including phenoxy) is 1. The van der Waals surface area contributed by atoms with Gasteiger partial charge in [0.25, 0.3) is 5.69 Å². The number of nitrogens with one attached hydrogen (secondary N) is 1. The number of nitrogens with zero attached hydrogens (tertiary/aromatic N) is 2. The molecule has 0 aliphatic rings. The number of rotatable bonds is 7. The molecule has 0 atom stereocenters. The van der Waals surface area contributed by atoms with Crippen molar-refractivity contribution in [2.24, 2.45) is 5.10 Å². The van der Waals surface area contributed by atoms with Crippen LogP contribution in [-0.4, -0.2) is 11.1 Å². The Labute approximate surface area is 220 Å². The zero-order chi connectivity index (χ0) is 25.9. The predicted molar refractivity (Wildman–Crippen MR) is 139 cm³/mol. The lowest BCUT2D eigenvalue weighted by Crippen LogP contribution is -2.06. The molecule has 4 aromatic carbocycles. The van der Waals surface area contributed by atoms with E-state index in [-0.39, 0.29) is 5.69 Å². The summed E-state index contributed by atoms with van der Waals surface area (Å²) in [5.41, 5.74) is 2.05. The number of benzene rings is 4. The maximum absolute atomic E-state index is 12.9. The molecule has 0 unspecified atom stereocenters. The summed E-state index contributed by atoms with van der Waals surface area (Å²) >= 11 is 6.96. The SMILES string of the molecule is O=[N+]([O-])c1cc(C(F)(F)F)ccc1N/N=C\c1cc(Br)c(OCc2cccc3ccccc23)c(Br)c1. The third kappa shape index (κ3) is 5.85. The summed E-state index contributed by atoms with van der Waals surface area (Å²) < 4.78 is 45.9. The van der Waals surface area contributed by atoms with E-state index in [2.05, 4.69) is 42.4 Å². The second kappa shape index (κ2) is 10.7. The molecule has 0 radical (unpaired) electrons. The number of halogens is 5. The highest BCUT2D eigenvalue weighted by Crippen LogP contribution is 2.36. The summed E-state index contributed by atoms with van der Waals surface area (Å²) in [7, 11) is 0. The molecule has 0 aliphatic heterocycles. The molecule has 184 valence electrons. The van der Waals surface area contributed by atoms with Gasteiger partial charge in [0, 0.05) is 6.07 Å². The highest BCUT2D eigenvalue weighted by Gasteiger charge is 2.33. The largest absolute Gasteiger partial charge is 0.487 e. The highest BCUT2D eigenvalue weighted by molar-refractivity contribution is 9.11. The Kier molecular flexibility index (Phi) is 7.60. The molecule has 0 bridgehead atoms. The van der Waals surface area contributed by atoms with E-state index in [0.29, 0.717) is 32.9 Å². The summed E-state index contributed by atoms with van der Waals surface area (Å²) in [5.74, 6) is 0.575. The van der Waals surface area contributed by atoms with E-state index < -0.39 is 22.4 Å². The van der Waals surface area contributed by atoms with Crippen LogP contribution < -0.4 is 10.2 Å². The summed E-state index contributed by atoms with van der Waals surface area (Å²) in [5, 5.41) is 17.4. The number of anilines is 1. The molecule has 6 nitrogen and oxygen atoms in total. The maximum atomic E-state index is 12.9. The van der Waals surface area contributed by atoms with Gasteiger partial charge in [-0.15, -0.1) is 0 Å². The van der Waals surface area contributed by atoms with Crippen molar-refractivity contribution in [2.75, 3.05) is 5.43 Å². The minimum Gasteiger partial charge on any atom is -0.487 e. The first-order chi connectivity index (χ1) is 17.1. The Morgan fingerprint density at radius 3 is 2.39 bits per heavy atom. The smallest absolute Gasteiger partial charge is 0.416 e. The number of alkyl halides is 3. The van der Waals surface area contributed by atoms with E-state index in [1.165, 1.54) is 6.21 Å². The molecule has 1 N–H and O–H groups in total. The lowest BCUT2D eigenvalue weighted by Gasteiger charge is -2.13. The number of hydrogen-bond donors (Lipinski definition) is 1.